The van der Waals surface area contributed by atoms with Crippen LogP contribution in [-0.4, -0.2) is 29.0 Å². The molecule has 0 amide bonds. The SMILES string of the molecule is COc1ccc(Cn2cc(-c3ccc(O)cc3)c(-c3ccc(O)cc3)c2)c(OC)c1. The van der Waals surface area contributed by atoms with Crippen LogP contribution in [-0.2, 0) is 6.54 Å². The second kappa shape index (κ2) is 8.25. The van der Waals surface area contributed by atoms with Gasteiger partial charge in [0.2, 0.25) is 0 Å². The fraction of sp³-hybridized carbons (Fsp3) is 0.120. The van der Waals surface area contributed by atoms with Gasteiger partial charge in [-0.2, -0.15) is 0 Å². The summed E-state index contributed by atoms with van der Waals surface area (Å²) in [5.41, 5.74) is 5.09. The zero-order valence-electron chi connectivity index (χ0n) is 16.9. The average molecular weight is 401 g/mol. The predicted molar refractivity (Wildman–Crippen MR) is 117 cm³/mol. The standard InChI is InChI=1S/C25H23NO4/c1-29-22-12-7-19(25(13-22)30-2)14-26-15-23(17-3-8-20(27)9-4-17)24(16-26)18-5-10-21(28)11-6-18/h3-13,15-16,27-28H,14H2,1-2H3. The maximum atomic E-state index is 9.66. The van der Waals surface area contributed by atoms with Crippen molar-refractivity contribution in [1.82, 2.24) is 4.57 Å². The van der Waals surface area contributed by atoms with Gasteiger partial charge in [0.25, 0.3) is 0 Å². The summed E-state index contributed by atoms with van der Waals surface area (Å²) < 4.78 is 12.9. The fourth-order valence-corrected chi connectivity index (χ4v) is 3.52. The fourth-order valence-electron chi connectivity index (χ4n) is 3.52. The molecule has 2 N–H and O–H groups in total. The first kappa shape index (κ1) is 19.5. The highest BCUT2D eigenvalue weighted by Crippen LogP contribution is 2.35. The lowest BCUT2D eigenvalue weighted by atomic mass is 9.99. The second-order valence-electron chi connectivity index (χ2n) is 7.03. The molecule has 0 aliphatic heterocycles. The van der Waals surface area contributed by atoms with Crippen molar-refractivity contribution < 1.29 is 19.7 Å². The van der Waals surface area contributed by atoms with Gasteiger partial charge in [-0.05, 0) is 47.5 Å². The molecule has 0 saturated heterocycles. The summed E-state index contributed by atoms with van der Waals surface area (Å²) >= 11 is 0. The summed E-state index contributed by atoms with van der Waals surface area (Å²) in [6.45, 7) is 0.621. The normalized spacial score (nSPS) is 10.7. The van der Waals surface area contributed by atoms with Crippen molar-refractivity contribution in [2.24, 2.45) is 0 Å². The van der Waals surface area contributed by atoms with E-state index in [-0.39, 0.29) is 11.5 Å². The Labute approximate surface area is 175 Å². The lowest BCUT2D eigenvalue weighted by Crippen LogP contribution is -2.00. The lowest BCUT2D eigenvalue weighted by molar-refractivity contribution is 0.390. The van der Waals surface area contributed by atoms with E-state index in [1.807, 2.05) is 42.5 Å². The van der Waals surface area contributed by atoms with Gasteiger partial charge in [0, 0.05) is 35.2 Å². The molecule has 0 spiro atoms. The molecule has 0 atom stereocenters. The maximum absolute atomic E-state index is 9.66. The molecule has 1 heterocycles. The number of ether oxygens (including phenoxy) is 2. The molecule has 0 aliphatic rings. The smallest absolute Gasteiger partial charge is 0.127 e. The van der Waals surface area contributed by atoms with Crippen LogP contribution in [0, 0.1) is 0 Å². The minimum absolute atomic E-state index is 0.229. The minimum atomic E-state index is 0.229. The third-order valence-corrected chi connectivity index (χ3v) is 5.08. The summed E-state index contributed by atoms with van der Waals surface area (Å²) in [6, 6.07) is 20.1. The molecule has 1 aromatic heterocycles. The number of hydrogen-bond acceptors (Lipinski definition) is 4. The van der Waals surface area contributed by atoms with Gasteiger partial charge < -0.3 is 24.3 Å². The average Bonchev–Trinajstić information content (AvgIpc) is 3.18. The first-order chi connectivity index (χ1) is 14.6. The second-order valence-corrected chi connectivity index (χ2v) is 7.03. The number of nitrogens with zero attached hydrogens (tertiary/aromatic N) is 1. The molecule has 4 rings (SSSR count). The molecular weight excluding hydrogens is 378 g/mol. The first-order valence-electron chi connectivity index (χ1n) is 9.57. The number of phenols is 2. The molecule has 0 saturated carbocycles. The molecule has 5 nitrogen and oxygen atoms in total. The van der Waals surface area contributed by atoms with E-state index in [1.165, 1.54) is 0 Å². The zero-order chi connectivity index (χ0) is 21.1. The Morgan fingerprint density at radius 2 is 1.23 bits per heavy atom. The van der Waals surface area contributed by atoms with Crippen molar-refractivity contribution in [2.45, 2.75) is 6.54 Å². The Kier molecular flexibility index (Phi) is 5.35. The monoisotopic (exact) mass is 401 g/mol. The number of benzene rings is 3. The van der Waals surface area contributed by atoms with E-state index in [9.17, 15) is 10.2 Å². The van der Waals surface area contributed by atoms with Gasteiger partial charge in [0.1, 0.15) is 23.0 Å². The van der Waals surface area contributed by atoms with E-state index >= 15 is 0 Å². The molecule has 5 heteroatoms. The van der Waals surface area contributed by atoms with E-state index < -0.39 is 0 Å². The topological polar surface area (TPSA) is 63.9 Å². The van der Waals surface area contributed by atoms with Gasteiger partial charge in [0.15, 0.2) is 0 Å². The van der Waals surface area contributed by atoms with Crippen LogP contribution >= 0.6 is 0 Å². The Balaban J connectivity index is 1.77. The summed E-state index contributed by atoms with van der Waals surface area (Å²) in [5.74, 6) is 1.97. The van der Waals surface area contributed by atoms with Gasteiger partial charge in [-0.1, -0.05) is 24.3 Å². The quantitative estimate of drug-likeness (QED) is 0.460. The van der Waals surface area contributed by atoms with E-state index in [4.69, 9.17) is 9.47 Å². The van der Waals surface area contributed by atoms with Crippen molar-refractivity contribution in [3.05, 3.63) is 84.7 Å². The van der Waals surface area contributed by atoms with Crippen molar-refractivity contribution in [2.75, 3.05) is 14.2 Å². The highest BCUT2D eigenvalue weighted by atomic mass is 16.5. The molecule has 4 aromatic rings. The van der Waals surface area contributed by atoms with E-state index in [0.29, 0.717) is 6.54 Å². The Morgan fingerprint density at radius 3 is 1.70 bits per heavy atom. The number of phenolic OH excluding ortho intramolecular Hbond substituents is 2. The summed E-state index contributed by atoms with van der Waals surface area (Å²) in [7, 11) is 3.28. The van der Waals surface area contributed by atoms with Gasteiger partial charge in [-0.3, -0.25) is 0 Å². The number of hydrogen-bond donors (Lipinski definition) is 2. The van der Waals surface area contributed by atoms with Gasteiger partial charge in [-0.25, -0.2) is 0 Å². The van der Waals surface area contributed by atoms with Crippen molar-refractivity contribution in [3.8, 4) is 45.3 Å². The molecule has 0 fully saturated rings. The summed E-state index contributed by atoms with van der Waals surface area (Å²) in [6.07, 6.45) is 4.16. The molecule has 3 aromatic carbocycles. The van der Waals surface area contributed by atoms with Gasteiger partial charge in [0.05, 0.1) is 20.8 Å². The van der Waals surface area contributed by atoms with Crippen LogP contribution in [0.2, 0.25) is 0 Å². The highest BCUT2D eigenvalue weighted by molar-refractivity contribution is 5.83. The van der Waals surface area contributed by atoms with Crippen molar-refractivity contribution in [3.63, 3.8) is 0 Å². The van der Waals surface area contributed by atoms with E-state index in [2.05, 4.69) is 17.0 Å². The van der Waals surface area contributed by atoms with Crippen LogP contribution < -0.4 is 9.47 Å². The zero-order valence-corrected chi connectivity index (χ0v) is 16.9. The van der Waals surface area contributed by atoms with Crippen LogP contribution in [0.4, 0.5) is 0 Å². The minimum Gasteiger partial charge on any atom is -0.508 e. The third kappa shape index (κ3) is 3.96. The van der Waals surface area contributed by atoms with E-state index in [0.717, 1.165) is 39.3 Å². The first-order valence-corrected chi connectivity index (χ1v) is 9.57. The lowest BCUT2D eigenvalue weighted by Gasteiger charge is -2.11. The number of methoxy groups -OCH3 is 2. The van der Waals surface area contributed by atoms with E-state index in [1.54, 1.807) is 38.5 Å². The van der Waals surface area contributed by atoms with Crippen LogP contribution in [0.3, 0.4) is 0 Å². The molecule has 0 radical (unpaired) electrons. The number of aromatic hydroxyl groups is 2. The highest BCUT2D eigenvalue weighted by Gasteiger charge is 2.13. The Hall–Kier alpha value is -3.86. The molecule has 30 heavy (non-hydrogen) atoms. The maximum Gasteiger partial charge on any atom is 0.127 e. The largest absolute Gasteiger partial charge is 0.508 e. The van der Waals surface area contributed by atoms with Gasteiger partial charge in [-0.15, -0.1) is 0 Å². The van der Waals surface area contributed by atoms with Crippen LogP contribution in [0.15, 0.2) is 79.1 Å². The molecular formula is C25H23NO4. The van der Waals surface area contributed by atoms with Crippen LogP contribution in [0.1, 0.15) is 5.56 Å². The molecule has 152 valence electrons. The molecule has 0 unspecified atom stereocenters. The molecule has 0 aliphatic carbocycles. The molecule has 0 bridgehead atoms. The van der Waals surface area contributed by atoms with Crippen LogP contribution in [0.25, 0.3) is 22.3 Å². The summed E-state index contributed by atoms with van der Waals surface area (Å²) in [5, 5.41) is 19.3. The van der Waals surface area contributed by atoms with Crippen LogP contribution in [0.5, 0.6) is 23.0 Å². The third-order valence-electron chi connectivity index (χ3n) is 5.08. The number of rotatable bonds is 6. The Morgan fingerprint density at radius 1 is 0.700 bits per heavy atom. The number of aromatic nitrogens is 1. The van der Waals surface area contributed by atoms with Gasteiger partial charge >= 0.3 is 0 Å². The summed E-state index contributed by atoms with van der Waals surface area (Å²) in [4.78, 5) is 0. The predicted octanol–water partition coefficient (Wildman–Crippen LogP) is 5.30. The Bertz CT molecular complexity index is 1080. The van der Waals surface area contributed by atoms with Crippen molar-refractivity contribution in [1.29, 1.82) is 0 Å². The van der Waals surface area contributed by atoms with Crippen molar-refractivity contribution >= 4 is 0 Å².